The summed E-state index contributed by atoms with van der Waals surface area (Å²) in [5.74, 6) is 0.204. The molecule has 0 bridgehead atoms. The molecule has 1 fully saturated rings. The van der Waals surface area contributed by atoms with Gasteiger partial charge in [0, 0.05) is 25.7 Å². The Morgan fingerprint density at radius 3 is 2.67 bits per heavy atom. The van der Waals surface area contributed by atoms with Gasteiger partial charge in [-0.25, -0.2) is 4.79 Å². The lowest BCUT2D eigenvalue weighted by Crippen LogP contribution is -2.55. The van der Waals surface area contributed by atoms with Crippen molar-refractivity contribution in [3.63, 3.8) is 0 Å². The first-order chi connectivity index (χ1) is 8.43. The molecule has 3 amide bonds. The maximum atomic E-state index is 11.9. The van der Waals surface area contributed by atoms with Crippen LogP contribution in [0.4, 0.5) is 4.79 Å². The van der Waals surface area contributed by atoms with Crippen LogP contribution in [-0.2, 0) is 4.79 Å². The van der Waals surface area contributed by atoms with Gasteiger partial charge in [0.15, 0.2) is 0 Å². The number of likely N-dealkylation sites (tertiary alicyclic amines) is 1. The number of nitrogens with two attached hydrogens (primary N) is 1. The number of nitrogens with zero attached hydrogens (tertiary/aromatic N) is 1. The fourth-order valence-corrected chi connectivity index (χ4v) is 2.35. The predicted octanol–water partition coefficient (Wildman–Crippen LogP) is -0.110. The Hall–Kier alpha value is -1.14. The third-order valence-electron chi connectivity index (χ3n) is 3.22. The first-order valence-electron chi connectivity index (χ1n) is 6.52. The summed E-state index contributed by atoms with van der Waals surface area (Å²) in [4.78, 5) is 25.2. The van der Waals surface area contributed by atoms with Gasteiger partial charge in [0.25, 0.3) is 0 Å². The van der Waals surface area contributed by atoms with E-state index in [9.17, 15) is 9.59 Å². The molecule has 0 spiro atoms. The Kier molecular flexibility index (Phi) is 5.55. The molecule has 1 aliphatic heterocycles. The van der Waals surface area contributed by atoms with Gasteiger partial charge < -0.3 is 11.1 Å². The maximum absolute atomic E-state index is 11.9. The number of nitrogens with one attached hydrogen (secondary N) is 2. The van der Waals surface area contributed by atoms with Crippen LogP contribution in [0.25, 0.3) is 0 Å². The van der Waals surface area contributed by atoms with Crippen molar-refractivity contribution in [2.75, 3.05) is 19.6 Å². The van der Waals surface area contributed by atoms with Gasteiger partial charge in [0.05, 0.1) is 6.04 Å². The van der Waals surface area contributed by atoms with Crippen LogP contribution in [0.2, 0.25) is 0 Å². The van der Waals surface area contributed by atoms with Crippen molar-refractivity contribution in [1.29, 1.82) is 0 Å². The van der Waals surface area contributed by atoms with Crippen LogP contribution >= 0.6 is 0 Å². The lowest BCUT2D eigenvalue weighted by atomic mass is 9.95. The van der Waals surface area contributed by atoms with Crippen LogP contribution < -0.4 is 16.4 Å². The molecule has 0 aromatic rings. The zero-order chi connectivity index (χ0) is 13.7. The molecule has 0 saturated carbocycles. The van der Waals surface area contributed by atoms with Crippen molar-refractivity contribution < 1.29 is 9.59 Å². The molecule has 0 aromatic heterocycles. The van der Waals surface area contributed by atoms with Crippen molar-refractivity contribution in [2.24, 2.45) is 11.7 Å². The average molecular weight is 256 g/mol. The molecular formula is C12H24N4O2. The molecule has 4 N–H and O–H groups in total. The van der Waals surface area contributed by atoms with Gasteiger partial charge in [-0.15, -0.1) is 0 Å². The van der Waals surface area contributed by atoms with E-state index in [1.165, 1.54) is 0 Å². The van der Waals surface area contributed by atoms with Crippen LogP contribution in [0, 0.1) is 5.92 Å². The van der Waals surface area contributed by atoms with E-state index in [1.807, 2.05) is 4.90 Å². The molecule has 1 aliphatic rings. The molecular weight excluding hydrogens is 232 g/mol. The number of amides is 3. The van der Waals surface area contributed by atoms with Gasteiger partial charge in [-0.3, -0.25) is 15.0 Å². The number of rotatable bonds is 3. The number of hydrogen-bond acceptors (Lipinski definition) is 4. The largest absolute Gasteiger partial charge is 0.338 e. The molecule has 0 aromatic carbocycles. The zero-order valence-electron chi connectivity index (χ0n) is 11.4. The first-order valence-corrected chi connectivity index (χ1v) is 6.52. The summed E-state index contributed by atoms with van der Waals surface area (Å²) in [7, 11) is 0. The second kappa shape index (κ2) is 6.70. The van der Waals surface area contributed by atoms with Gasteiger partial charge in [-0.05, 0) is 26.2 Å². The fraction of sp³-hybridized carbons (Fsp3) is 0.833. The second-order valence-corrected chi connectivity index (χ2v) is 5.08. The van der Waals surface area contributed by atoms with Crippen LogP contribution in [0.5, 0.6) is 0 Å². The summed E-state index contributed by atoms with van der Waals surface area (Å²) in [6.45, 7) is 7.78. The van der Waals surface area contributed by atoms with Crippen molar-refractivity contribution >= 4 is 11.9 Å². The van der Waals surface area contributed by atoms with Crippen LogP contribution in [0.1, 0.15) is 27.2 Å². The van der Waals surface area contributed by atoms with Crippen molar-refractivity contribution in [3.8, 4) is 0 Å². The standard InChI is InChI=1S/C12H24N4O2/c1-4-14-12(18)15-11(17)9(3)16-6-8(2)5-10(13)7-16/h8-10H,4-7,13H2,1-3H3,(H2,14,15,17,18). The molecule has 104 valence electrons. The minimum atomic E-state index is -0.441. The Labute approximate surface area is 108 Å². The van der Waals surface area contributed by atoms with E-state index in [2.05, 4.69) is 17.6 Å². The molecule has 18 heavy (non-hydrogen) atoms. The number of piperidine rings is 1. The molecule has 6 nitrogen and oxygen atoms in total. The Morgan fingerprint density at radius 1 is 1.44 bits per heavy atom. The van der Waals surface area contributed by atoms with Crippen LogP contribution in [0.3, 0.4) is 0 Å². The molecule has 0 radical (unpaired) electrons. The third kappa shape index (κ3) is 4.27. The summed E-state index contributed by atoms with van der Waals surface area (Å²) in [6.07, 6.45) is 0.987. The van der Waals surface area contributed by atoms with Gasteiger partial charge in [-0.2, -0.15) is 0 Å². The summed E-state index contributed by atoms with van der Waals surface area (Å²) in [5, 5.41) is 4.87. The lowest BCUT2D eigenvalue weighted by Gasteiger charge is -2.37. The monoisotopic (exact) mass is 256 g/mol. The van der Waals surface area contributed by atoms with Crippen LogP contribution in [-0.4, -0.2) is 48.6 Å². The van der Waals surface area contributed by atoms with Gasteiger partial charge in [-0.1, -0.05) is 6.92 Å². The Balaban J connectivity index is 2.49. The quantitative estimate of drug-likeness (QED) is 0.657. The number of carbonyl (C=O) groups excluding carboxylic acids is 2. The van der Waals surface area contributed by atoms with E-state index >= 15 is 0 Å². The summed E-state index contributed by atoms with van der Waals surface area (Å²) < 4.78 is 0. The summed E-state index contributed by atoms with van der Waals surface area (Å²) >= 11 is 0. The van der Waals surface area contributed by atoms with E-state index < -0.39 is 6.03 Å². The Morgan fingerprint density at radius 2 is 2.11 bits per heavy atom. The Bertz CT molecular complexity index is 298. The van der Waals surface area contributed by atoms with E-state index in [-0.39, 0.29) is 18.0 Å². The molecule has 1 heterocycles. The molecule has 3 atom stereocenters. The highest BCUT2D eigenvalue weighted by atomic mass is 16.2. The van der Waals surface area contributed by atoms with E-state index in [1.54, 1.807) is 13.8 Å². The SMILES string of the molecule is CCNC(=O)NC(=O)C(C)N1CC(C)CC(N)C1. The van der Waals surface area contributed by atoms with Crippen molar-refractivity contribution in [1.82, 2.24) is 15.5 Å². The minimum Gasteiger partial charge on any atom is -0.338 e. The van der Waals surface area contributed by atoms with Gasteiger partial charge in [0.2, 0.25) is 5.91 Å². The zero-order valence-corrected chi connectivity index (χ0v) is 11.4. The van der Waals surface area contributed by atoms with Crippen molar-refractivity contribution in [2.45, 2.75) is 39.3 Å². The topological polar surface area (TPSA) is 87.5 Å². The number of hydrogen-bond donors (Lipinski definition) is 3. The van der Waals surface area contributed by atoms with E-state index in [0.717, 1.165) is 13.0 Å². The van der Waals surface area contributed by atoms with Crippen LogP contribution in [0.15, 0.2) is 0 Å². The normalized spacial score (nSPS) is 26.4. The first kappa shape index (κ1) is 14.9. The smallest absolute Gasteiger partial charge is 0.321 e. The highest BCUT2D eigenvalue weighted by molar-refractivity contribution is 5.96. The molecule has 3 unspecified atom stereocenters. The molecule has 0 aliphatic carbocycles. The summed E-state index contributed by atoms with van der Waals surface area (Å²) in [5.41, 5.74) is 5.95. The predicted molar refractivity (Wildman–Crippen MR) is 70.0 cm³/mol. The minimum absolute atomic E-state index is 0.105. The second-order valence-electron chi connectivity index (χ2n) is 5.08. The summed E-state index contributed by atoms with van der Waals surface area (Å²) in [6, 6.07) is -0.668. The van der Waals surface area contributed by atoms with E-state index in [4.69, 9.17) is 5.73 Å². The highest BCUT2D eigenvalue weighted by Gasteiger charge is 2.29. The van der Waals surface area contributed by atoms with E-state index in [0.29, 0.717) is 19.0 Å². The lowest BCUT2D eigenvalue weighted by molar-refractivity contribution is -0.125. The average Bonchev–Trinajstić information content (AvgIpc) is 2.26. The number of urea groups is 1. The molecule has 1 rings (SSSR count). The van der Waals surface area contributed by atoms with Gasteiger partial charge >= 0.3 is 6.03 Å². The molecule has 1 saturated heterocycles. The number of imide groups is 1. The third-order valence-corrected chi connectivity index (χ3v) is 3.22. The number of carbonyl (C=O) groups is 2. The van der Waals surface area contributed by atoms with Gasteiger partial charge in [0.1, 0.15) is 0 Å². The highest BCUT2D eigenvalue weighted by Crippen LogP contribution is 2.17. The fourth-order valence-electron chi connectivity index (χ4n) is 2.35. The maximum Gasteiger partial charge on any atom is 0.321 e. The van der Waals surface area contributed by atoms with Crippen molar-refractivity contribution in [3.05, 3.63) is 0 Å². The molecule has 6 heteroatoms.